The maximum atomic E-state index is 5.47. The molecule has 2 aromatic heterocycles. The van der Waals surface area contributed by atoms with Gasteiger partial charge in [-0.25, -0.2) is 0 Å². The van der Waals surface area contributed by atoms with Gasteiger partial charge in [0.1, 0.15) is 5.75 Å². The molecule has 0 unspecified atom stereocenters. The molecule has 0 saturated heterocycles. The molecule has 0 aliphatic carbocycles. The summed E-state index contributed by atoms with van der Waals surface area (Å²) in [5, 5.41) is 16.5. The van der Waals surface area contributed by atoms with Crippen LogP contribution in [0.3, 0.4) is 0 Å². The van der Waals surface area contributed by atoms with Gasteiger partial charge in [0.05, 0.1) is 6.61 Å². The van der Waals surface area contributed by atoms with Crippen LogP contribution in [-0.4, -0.2) is 26.4 Å². The van der Waals surface area contributed by atoms with Crippen LogP contribution in [-0.2, 0) is 0 Å². The number of fused-ring (bicyclic) bond motifs is 1. The molecule has 0 bridgehead atoms. The summed E-state index contributed by atoms with van der Waals surface area (Å²) < 4.78 is 7.23. The summed E-state index contributed by atoms with van der Waals surface area (Å²) in [6.07, 6.45) is 0. The molecule has 0 fully saturated rings. The van der Waals surface area contributed by atoms with Gasteiger partial charge < -0.3 is 10.1 Å². The standard InChI is InChI=1S/C20H19N5O/c1-3-26-16-10-8-15(9-11-16)21-18-12-13-19-22-23-20(25(19)24-18)17-7-5-4-6-14(17)2/h4-13H,3H2,1-2H3,(H,21,24). The van der Waals surface area contributed by atoms with Crippen molar-refractivity contribution in [3.05, 3.63) is 66.2 Å². The molecule has 0 radical (unpaired) electrons. The summed E-state index contributed by atoms with van der Waals surface area (Å²) in [5.74, 6) is 2.30. The van der Waals surface area contributed by atoms with E-state index in [1.807, 2.05) is 61.5 Å². The fourth-order valence-corrected chi connectivity index (χ4v) is 2.80. The van der Waals surface area contributed by atoms with Crippen LogP contribution < -0.4 is 10.1 Å². The summed E-state index contributed by atoms with van der Waals surface area (Å²) in [5.41, 5.74) is 3.80. The second-order valence-corrected chi connectivity index (χ2v) is 5.91. The summed E-state index contributed by atoms with van der Waals surface area (Å²) in [6, 6.07) is 19.7. The Morgan fingerprint density at radius 1 is 0.962 bits per heavy atom. The lowest BCUT2D eigenvalue weighted by atomic mass is 10.1. The molecule has 4 rings (SSSR count). The molecule has 0 atom stereocenters. The van der Waals surface area contributed by atoms with Gasteiger partial charge in [0, 0.05) is 11.3 Å². The number of aryl methyl sites for hydroxylation is 1. The number of nitrogens with zero attached hydrogens (tertiary/aromatic N) is 4. The topological polar surface area (TPSA) is 64.3 Å². The summed E-state index contributed by atoms with van der Waals surface area (Å²) in [4.78, 5) is 0. The van der Waals surface area contributed by atoms with E-state index in [0.717, 1.165) is 34.2 Å². The maximum Gasteiger partial charge on any atom is 0.185 e. The van der Waals surface area contributed by atoms with E-state index in [2.05, 4.69) is 33.6 Å². The van der Waals surface area contributed by atoms with E-state index >= 15 is 0 Å². The van der Waals surface area contributed by atoms with Crippen molar-refractivity contribution in [2.75, 3.05) is 11.9 Å². The van der Waals surface area contributed by atoms with Crippen molar-refractivity contribution in [3.63, 3.8) is 0 Å². The van der Waals surface area contributed by atoms with Crippen LogP contribution >= 0.6 is 0 Å². The van der Waals surface area contributed by atoms with Crippen molar-refractivity contribution in [2.24, 2.45) is 0 Å². The van der Waals surface area contributed by atoms with E-state index in [9.17, 15) is 0 Å². The first-order valence-corrected chi connectivity index (χ1v) is 8.53. The predicted octanol–water partition coefficient (Wildman–Crippen LogP) is 4.24. The van der Waals surface area contributed by atoms with Gasteiger partial charge in [-0.3, -0.25) is 0 Å². The first-order chi connectivity index (χ1) is 12.7. The van der Waals surface area contributed by atoms with Crippen LogP contribution in [0.2, 0.25) is 0 Å². The average molecular weight is 345 g/mol. The third kappa shape index (κ3) is 3.09. The zero-order valence-corrected chi connectivity index (χ0v) is 14.7. The van der Waals surface area contributed by atoms with Crippen LogP contribution in [0, 0.1) is 6.92 Å². The second kappa shape index (κ2) is 6.84. The molecule has 6 nitrogen and oxygen atoms in total. The molecule has 4 aromatic rings. The van der Waals surface area contributed by atoms with Crippen molar-refractivity contribution in [1.82, 2.24) is 19.8 Å². The molecule has 0 saturated carbocycles. The van der Waals surface area contributed by atoms with Crippen LogP contribution in [0.4, 0.5) is 11.5 Å². The fraction of sp³-hybridized carbons (Fsp3) is 0.150. The van der Waals surface area contributed by atoms with Crippen molar-refractivity contribution >= 4 is 17.2 Å². The van der Waals surface area contributed by atoms with E-state index in [1.54, 1.807) is 4.52 Å². The third-order valence-corrected chi connectivity index (χ3v) is 4.09. The Kier molecular flexibility index (Phi) is 4.23. The van der Waals surface area contributed by atoms with Crippen LogP contribution in [0.25, 0.3) is 17.0 Å². The van der Waals surface area contributed by atoms with Gasteiger partial charge in [0.25, 0.3) is 0 Å². The molecule has 26 heavy (non-hydrogen) atoms. The van der Waals surface area contributed by atoms with Gasteiger partial charge >= 0.3 is 0 Å². The van der Waals surface area contributed by atoms with Crippen molar-refractivity contribution < 1.29 is 4.74 Å². The van der Waals surface area contributed by atoms with Gasteiger partial charge in [-0.2, -0.15) is 4.52 Å². The van der Waals surface area contributed by atoms with Crippen LogP contribution in [0.15, 0.2) is 60.7 Å². The Labute approximate surface area is 151 Å². The second-order valence-electron chi connectivity index (χ2n) is 5.91. The molecule has 2 aromatic carbocycles. The van der Waals surface area contributed by atoms with Crippen LogP contribution in [0.1, 0.15) is 12.5 Å². The zero-order chi connectivity index (χ0) is 17.9. The molecule has 0 spiro atoms. The number of rotatable bonds is 5. The summed E-state index contributed by atoms with van der Waals surface area (Å²) in [6.45, 7) is 4.68. The highest BCUT2D eigenvalue weighted by Gasteiger charge is 2.11. The lowest BCUT2D eigenvalue weighted by Gasteiger charge is -2.08. The number of hydrogen-bond acceptors (Lipinski definition) is 5. The first-order valence-electron chi connectivity index (χ1n) is 8.53. The average Bonchev–Trinajstić information content (AvgIpc) is 3.07. The minimum absolute atomic E-state index is 0.653. The molecule has 0 aliphatic heterocycles. The normalized spacial score (nSPS) is 10.8. The minimum Gasteiger partial charge on any atom is -0.494 e. The third-order valence-electron chi connectivity index (χ3n) is 4.09. The van der Waals surface area contributed by atoms with Gasteiger partial charge in [0.15, 0.2) is 17.3 Å². The fourth-order valence-electron chi connectivity index (χ4n) is 2.80. The highest BCUT2D eigenvalue weighted by molar-refractivity contribution is 5.64. The van der Waals surface area contributed by atoms with Gasteiger partial charge in [-0.05, 0) is 55.8 Å². The Morgan fingerprint density at radius 3 is 2.54 bits per heavy atom. The summed E-state index contributed by atoms with van der Waals surface area (Å²) in [7, 11) is 0. The molecule has 6 heteroatoms. The zero-order valence-electron chi connectivity index (χ0n) is 14.7. The summed E-state index contributed by atoms with van der Waals surface area (Å²) >= 11 is 0. The smallest absolute Gasteiger partial charge is 0.185 e. The molecule has 1 N–H and O–H groups in total. The largest absolute Gasteiger partial charge is 0.494 e. The van der Waals surface area contributed by atoms with Crippen molar-refractivity contribution in [1.29, 1.82) is 0 Å². The van der Waals surface area contributed by atoms with Crippen molar-refractivity contribution in [2.45, 2.75) is 13.8 Å². The van der Waals surface area contributed by atoms with Crippen molar-refractivity contribution in [3.8, 4) is 17.1 Å². The molecular formula is C20H19N5O. The molecular weight excluding hydrogens is 326 g/mol. The highest BCUT2D eigenvalue weighted by atomic mass is 16.5. The minimum atomic E-state index is 0.653. The van der Waals surface area contributed by atoms with E-state index in [4.69, 9.17) is 4.74 Å². The monoisotopic (exact) mass is 345 g/mol. The van der Waals surface area contributed by atoms with Gasteiger partial charge in [-0.1, -0.05) is 24.3 Å². The first kappa shape index (κ1) is 16.1. The van der Waals surface area contributed by atoms with E-state index in [-0.39, 0.29) is 0 Å². The maximum absolute atomic E-state index is 5.47. The lowest BCUT2D eigenvalue weighted by Crippen LogP contribution is -2.01. The highest BCUT2D eigenvalue weighted by Crippen LogP contribution is 2.23. The Hall–Kier alpha value is -3.41. The number of hydrogen-bond donors (Lipinski definition) is 1. The number of benzene rings is 2. The molecule has 130 valence electrons. The van der Waals surface area contributed by atoms with E-state index < -0.39 is 0 Å². The Balaban J connectivity index is 1.67. The number of ether oxygens (including phenoxy) is 1. The van der Waals surface area contributed by atoms with Gasteiger partial charge in [-0.15, -0.1) is 15.3 Å². The van der Waals surface area contributed by atoms with E-state index in [1.165, 1.54) is 0 Å². The number of nitrogens with one attached hydrogen (secondary N) is 1. The Bertz CT molecular complexity index is 1040. The molecule has 2 heterocycles. The number of anilines is 2. The molecule has 0 aliphatic rings. The lowest BCUT2D eigenvalue weighted by molar-refractivity contribution is 0.340. The Morgan fingerprint density at radius 2 is 1.77 bits per heavy atom. The quantitative estimate of drug-likeness (QED) is 0.586. The van der Waals surface area contributed by atoms with E-state index in [0.29, 0.717) is 12.3 Å². The molecule has 0 amide bonds. The van der Waals surface area contributed by atoms with Gasteiger partial charge in [0.2, 0.25) is 0 Å². The van der Waals surface area contributed by atoms with Crippen LogP contribution in [0.5, 0.6) is 5.75 Å². The number of aromatic nitrogens is 4. The SMILES string of the molecule is CCOc1ccc(Nc2ccc3nnc(-c4ccccc4C)n3n2)cc1. The predicted molar refractivity (Wildman–Crippen MR) is 102 cm³/mol.